The van der Waals surface area contributed by atoms with Gasteiger partial charge in [-0.25, -0.2) is 0 Å². The van der Waals surface area contributed by atoms with Crippen LogP contribution in [-0.2, 0) is 11.3 Å². The summed E-state index contributed by atoms with van der Waals surface area (Å²) in [4.78, 5) is 0. The first-order chi connectivity index (χ1) is 9.49. The maximum Gasteiger partial charge on any atom is 0.119 e. The summed E-state index contributed by atoms with van der Waals surface area (Å²) in [5.74, 6) is 0.899. The molecule has 0 saturated heterocycles. The number of hydrogen-bond donors (Lipinski definition) is 0. The van der Waals surface area contributed by atoms with Crippen LogP contribution >= 0.6 is 0 Å². The fourth-order valence-corrected chi connectivity index (χ4v) is 6.21. The van der Waals surface area contributed by atoms with Crippen LogP contribution in [0.3, 0.4) is 0 Å². The number of hydrogen-bond acceptors (Lipinski definition) is 3. The van der Waals surface area contributed by atoms with Gasteiger partial charge >= 0.3 is 0 Å². The van der Waals surface area contributed by atoms with E-state index in [1.165, 1.54) is 38.5 Å². The van der Waals surface area contributed by atoms with Gasteiger partial charge in [-0.3, -0.25) is 0 Å². The van der Waals surface area contributed by atoms with Crippen molar-refractivity contribution in [2.75, 3.05) is 6.61 Å². The summed E-state index contributed by atoms with van der Waals surface area (Å²) in [6.07, 6.45) is 11.6. The average molecular weight is 275 g/mol. The zero-order valence-corrected chi connectivity index (χ0v) is 12.6. The molecule has 4 bridgehead atoms. The number of ether oxygens (including phenoxy) is 1. The summed E-state index contributed by atoms with van der Waals surface area (Å²) in [5, 5.41) is 7.69. The molecule has 4 aliphatic rings. The third-order valence-corrected chi connectivity index (χ3v) is 5.80. The van der Waals surface area contributed by atoms with E-state index in [1.807, 2.05) is 4.57 Å². The van der Waals surface area contributed by atoms with Crippen LogP contribution in [0.5, 0.6) is 0 Å². The Bertz CT molecular complexity index is 480. The Hall–Kier alpha value is -0.900. The fourth-order valence-electron chi connectivity index (χ4n) is 6.21. The zero-order valence-electron chi connectivity index (χ0n) is 12.6. The van der Waals surface area contributed by atoms with Crippen molar-refractivity contribution in [1.29, 1.82) is 0 Å². The van der Waals surface area contributed by atoms with Crippen molar-refractivity contribution in [3.8, 4) is 0 Å². The molecule has 0 N–H and O–H groups in total. The molecule has 110 valence electrons. The third-order valence-electron chi connectivity index (χ3n) is 5.80. The lowest BCUT2D eigenvalue weighted by molar-refractivity contribution is -0.215. The van der Waals surface area contributed by atoms with E-state index < -0.39 is 0 Å². The Morgan fingerprint density at radius 2 is 1.70 bits per heavy atom. The van der Waals surface area contributed by atoms with Gasteiger partial charge in [0.25, 0.3) is 0 Å². The first-order valence-corrected chi connectivity index (χ1v) is 7.95. The molecule has 4 aliphatic carbocycles. The predicted octanol–water partition coefficient (Wildman–Crippen LogP) is 3.04. The zero-order chi connectivity index (χ0) is 13.8. The Labute approximate surface area is 120 Å². The average Bonchev–Trinajstić information content (AvgIpc) is 2.76. The second kappa shape index (κ2) is 4.06. The van der Waals surface area contributed by atoms with Crippen molar-refractivity contribution in [3.63, 3.8) is 0 Å². The molecule has 1 aromatic rings. The molecule has 1 heterocycles. The van der Waals surface area contributed by atoms with Crippen molar-refractivity contribution >= 4 is 0 Å². The molecule has 5 rings (SSSR count). The van der Waals surface area contributed by atoms with Crippen LogP contribution in [-0.4, -0.2) is 27.0 Å². The summed E-state index contributed by atoms with van der Waals surface area (Å²) < 4.78 is 8.47. The lowest BCUT2D eigenvalue weighted by Crippen LogP contribution is -2.59. The molecular formula is C16H25N3O. The SMILES string of the molecule is C[C@@]12CC3CC(OCCn4cnnc4)(C1)C[C@@](C)(C3)C2. The van der Waals surface area contributed by atoms with E-state index in [0.717, 1.165) is 19.1 Å². The maximum atomic E-state index is 6.47. The van der Waals surface area contributed by atoms with E-state index in [4.69, 9.17) is 4.74 Å². The Kier molecular flexibility index (Phi) is 2.60. The van der Waals surface area contributed by atoms with Crippen LogP contribution in [0.15, 0.2) is 12.7 Å². The van der Waals surface area contributed by atoms with Gasteiger partial charge in [-0.05, 0) is 55.3 Å². The molecule has 0 amide bonds. The quantitative estimate of drug-likeness (QED) is 0.848. The Morgan fingerprint density at radius 3 is 2.30 bits per heavy atom. The third kappa shape index (κ3) is 2.09. The summed E-state index contributed by atoms with van der Waals surface area (Å²) in [6, 6.07) is 0. The van der Waals surface area contributed by atoms with Crippen LogP contribution in [0.2, 0.25) is 0 Å². The topological polar surface area (TPSA) is 39.9 Å². The minimum Gasteiger partial charge on any atom is -0.373 e. The van der Waals surface area contributed by atoms with E-state index in [1.54, 1.807) is 12.7 Å². The van der Waals surface area contributed by atoms with Crippen molar-refractivity contribution in [2.45, 2.75) is 64.5 Å². The molecular weight excluding hydrogens is 250 g/mol. The highest BCUT2D eigenvalue weighted by Crippen LogP contribution is 2.67. The summed E-state index contributed by atoms with van der Waals surface area (Å²) in [6.45, 7) is 6.64. The van der Waals surface area contributed by atoms with Gasteiger partial charge in [0.15, 0.2) is 0 Å². The van der Waals surface area contributed by atoms with Crippen LogP contribution < -0.4 is 0 Å². The molecule has 0 unspecified atom stereocenters. The second-order valence-corrected chi connectivity index (χ2v) is 8.36. The lowest BCUT2D eigenvalue weighted by atomic mass is 9.43. The van der Waals surface area contributed by atoms with Crippen molar-refractivity contribution in [3.05, 3.63) is 12.7 Å². The largest absolute Gasteiger partial charge is 0.373 e. The monoisotopic (exact) mass is 275 g/mol. The van der Waals surface area contributed by atoms with Gasteiger partial charge in [-0.1, -0.05) is 13.8 Å². The first kappa shape index (κ1) is 12.8. The smallest absolute Gasteiger partial charge is 0.119 e. The molecule has 20 heavy (non-hydrogen) atoms. The highest BCUT2D eigenvalue weighted by atomic mass is 16.5. The summed E-state index contributed by atoms with van der Waals surface area (Å²) >= 11 is 0. The standard InChI is InChI=1S/C16H25N3O/c1-14-5-13-6-15(2,8-14)10-16(7-13,9-14)20-4-3-19-11-17-18-12-19/h11-13H,3-10H2,1-2H3/t13?,14-,15-,16?/m0/s1. The first-order valence-electron chi connectivity index (χ1n) is 7.95. The van der Waals surface area contributed by atoms with Gasteiger partial charge in [0, 0.05) is 6.54 Å². The molecule has 0 spiro atoms. The normalized spacial score (nSPS) is 46.0. The van der Waals surface area contributed by atoms with Gasteiger partial charge in [-0.15, -0.1) is 10.2 Å². The minimum absolute atomic E-state index is 0.164. The van der Waals surface area contributed by atoms with E-state index in [-0.39, 0.29) is 5.60 Å². The van der Waals surface area contributed by atoms with Gasteiger partial charge in [-0.2, -0.15) is 0 Å². The summed E-state index contributed by atoms with van der Waals surface area (Å²) in [5.41, 5.74) is 1.23. The molecule has 4 saturated carbocycles. The molecule has 4 heteroatoms. The number of rotatable bonds is 4. The lowest BCUT2D eigenvalue weighted by Gasteiger charge is -2.65. The van der Waals surface area contributed by atoms with Gasteiger partial charge in [0.1, 0.15) is 12.7 Å². The van der Waals surface area contributed by atoms with Crippen LogP contribution in [0.4, 0.5) is 0 Å². The van der Waals surface area contributed by atoms with Crippen LogP contribution in [0, 0.1) is 16.7 Å². The van der Waals surface area contributed by atoms with Gasteiger partial charge in [0.2, 0.25) is 0 Å². The molecule has 2 atom stereocenters. The fraction of sp³-hybridized carbons (Fsp3) is 0.875. The van der Waals surface area contributed by atoms with Crippen molar-refractivity contribution in [1.82, 2.24) is 14.8 Å². The molecule has 0 aromatic carbocycles. The molecule has 4 fully saturated rings. The predicted molar refractivity (Wildman–Crippen MR) is 76.1 cm³/mol. The highest BCUT2D eigenvalue weighted by Gasteiger charge is 2.60. The summed E-state index contributed by atoms with van der Waals surface area (Å²) in [7, 11) is 0. The number of aromatic nitrogens is 3. The van der Waals surface area contributed by atoms with Crippen LogP contribution in [0.25, 0.3) is 0 Å². The highest BCUT2D eigenvalue weighted by molar-refractivity contribution is 5.11. The maximum absolute atomic E-state index is 6.47. The molecule has 4 nitrogen and oxygen atoms in total. The minimum atomic E-state index is 0.164. The van der Waals surface area contributed by atoms with E-state index in [0.29, 0.717) is 10.8 Å². The molecule has 1 aromatic heterocycles. The van der Waals surface area contributed by atoms with Crippen LogP contribution in [0.1, 0.15) is 52.4 Å². The Morgan fingerprint density at radius 1 is 1.05 bits per heavy atom. The second-order valence-electron chi connectivity index (χ2n) is 8.36. The molecule has 0 radical (unpaired) electrons. The van der Waals surface area contributed by atoms with E-state index >= 15 is 0 Å². The molecule has 0 aliphatic heterocycles. The van der Waals surface area contributed by atoms with E-state index in [9.17, 15) is 0 Å². The Balaban J connectivity index is 1.47. The van der Waals surface area contributed by atoms with Gasteiger partial charge < -0.3 is 9.30 Å². The van der Waals surface area contributed by atoms with Crippen molar-refractivity contribution < 1.29 is 4.74 Å². The number of nitrogens with zero attached hydrogens (tertiary/aromatic N) is 3. The van der Waals surface area contributed by atoms with Crippen molar-refractivity contribution in [2.24, 2.45) is 16.7 Å². The van der Waals surface area contributed by atoms with E-state index in [2.05, 4.69) is 24.0 Å². The van der Waals surface area contributed by atoms with Gasteiger partial charge in [0.05, 0.1) is 12.2 Å².